The lowest BCUT2D eigenvalue weighted by molar-refractivity contribution is -0.145. The normalized spacial score (nSPS) is 13.4. The Morgan fingerprint density at radius 1 is 1.35 bits per heavy atom. The molecule has 0 aromatic heterocycles. The minimum absolute atomic E-state index is 0.0383. The molecule has 0 saturated heterocycles. The van der Waals surface area contributed by atoms with Gasteiger partial charge in [-0.2, -0.15) is 12.6 Å². The van der Waals surface area contributed by atoms with E-state index in [-0.39, 0.29) is 18.8 Å². The van der Waals surface area contributed by atoms with Crippen molar-refractivity contribution in [1.82, 2.24) is 10.2 Å². The van der Waals surface area contributed by atoms with Crippen molar-refractivity contribution in [2.24, 2.45) is 11.5 Å². The van der Waals surface area contributed by atoms with Crippen molar-refractivity contribution in [3.63, 3.8) is 0 Å². The summed E-state index contributed by atoms with van der Waals surface area (Å²) in [5.41, 5.74) is 10.6. The number of carboxylic acid groups (broad SMARTS) is 1. The van der Waals surface area contributed by atoms with Crippen molar-refractivity contribution in [2.75, 3.05) is 32.0 Å². The molecule has 0 spiro atoms. The minimum Gasteiger partial charge on any atom is -0.480 e. The van der Waals surface area contributed by atoms with Gasteiger partial charge < -0.3 is 31.9 Å². The van der Waals surface area contributed by atoms with E-state index in [1.54, 1.807) is 0 Å². The number of carbonyl (C=O) groups excluding carboxylic acids is 2. The van der Waals surface area contributed by atoms with Gasteiger partial charge in [0.2, 0.25) is 11.8 Å². The number of thiol groups is 1. The second kappa shape index (κ2) is 9.53. The first kappa shape index (κ1) is 18.6. The second-order valence-corrected chi connectivity index (χ2v) is 4.34. The molecule has 0 aliphatic rings. The number of aliphatic hydroxyl groups excluding tert-OH is 1. The Labute approximate surface area is 121 Å². The molecule has 0 fully saturated rings. The van der Waals surface area contributed by atoms with Crippen LogP contribution in [0, 0.1) is 0 Å². The highest BCUT2D eigenvalue weighted by Gasteiger charge is 2.27. The Morgan fingerprint density at radius 3 is 2.35 bits per heavy atom. The zero-order chi connectivity index (χ0) is 15.7. The van der Waals surface area contributed by atoms with Gasteiger partial charge in [0.05, 0.1) is 6.61 Å². The zero-order valence-electron chi connectivity index (χ0n) is 10.9. The number of aliphatic hydroxyl groups is 1. The highest BCUT2D eigenvalue weighted by Crippen LogP contribution is 1.99. The second-order valence-electron chi connectivity index (χ2n) is 3.98. The number of carboxylic acids is 1. The summed E-state index contributed by atoms with van der Waals surface area (Å²) in [6.07, 6.45) is 0. The van der Waals surface area contributed by atoms with E-state index in [1.807, 2.05) is 0 Å². The van der Waals surface area contributed by atoms with Crippen LogP contribution in [0.4, 0.5) is 0 Å². The summed E-state index contributed by atoms with van der Waals surface area (Å²) in [5.74, 6) is -2.57. The van der Waals surface area contributed by atoms with Crippen molar-refractivity contribution >= 4 is 30.4 Å². The topological polar surface area (TPSA) is 159 Å². The number of carbonyl (C=O) groups is 3. The average molecular weight is 308 g/mol. The summed E-state index contributed by atoms with van der Waals surface area (Å²) < 4.78 is 0. The van der Waals surface area contributed by atoms with Gasteiger partial charge in [0.1, 0.15) is 18.6 Å². The van der Waals surface area contributed by atoms with Gasteiger partial charge in [-0.05, 0) is 0 Å². The van der Waals surface area contributed by atoms with E-state index in [4.69, 9.17) is 21.7 Å². The van der Waals surface area contributed by atoms with Crippen LogP contribution < -0.4 is 16.8 Å². The van der Waals surface area contributed by atoms with Crippen LogP contribution in [-0.2, 0) is 14.4 Å². The van der Waals surface area contributed by atoms with Crippen molar-refractivity contribution in [3.05, 3.63) is 0 Å². The summed E-state index contributed by atoms with van der Waals surface area (Å²) in [7, 11) is 0. The Balaban J connectivity index is 4.79. The third-order valence-electron chi connectivity index (χ3n) is 2.37. The molecule has 0 bridgehead atoms. The molecule has 0 saturated carbocycles. The fourth-order valence-electron chi connectivity index (χ4n) is 1.35. The van der Waals surface area contributed by atoms with Crippen molar-refractivity contribution < 1.29 is 24.6 Å². The van der Waals surface area contributed by atoms with Crippen LogP contribution in [0.25, 0.3) is 0 Å². The predicted molar refractivity (Wildman–Crippen MR) is 74.1 cm³/mol. The van der Waals surface area contributed by atoms with E-state index in [0.717, 1.165) is 4.90 Å². The molecule has 0 aliphatic carbocycles. The number of amides is 2. The lowest BCUT2D eigenvalue weighted by Gasteiger charge is -2.26. The summed E-state index contributed by atoms with van der Waals surface area (Å²) in [6, 6.07) is -2.19. The summed E-state index contributed by atoms with van der Waals surface area (Å²) in [5, 5.41) is 19.8. The molecule has 0 radical (unpaired) electrons. The molecule has 10 heteroatoms. The molecule has 9 nitrogen and oxygen atoms in total. The molecule has 2 atom stereocenters. The van der Waals surface area contributed by atoms with Gasteiger partial charge >= 0.3 is 5.97 Å². The molecule has 116 valence electrons. The summed E-state index contributed by atoms with van der Waals surface area (Å²) in [6.45, 7) is -0.969. The fraction of sp³-hybridized carbons (Fsp3) is 0.700. The molecule has 0 aliphatic heterocycles. The molecule has 7 N–H and O–H groups in total. The minimum atomic E-state index is -1.19. The highest BCUT2D eigenvalue weighted by atomic mass is 32.1. The first-order valence-corrected chi connectivity index (χ1v) is 6.48. The Bertz CT molecular complexity index is 355. The number of nitrogens with zero attached hydrogens (tertiary/aromatic N) is 1. The number of rotatable bonds is 9. The van der Waals surface area contributed by atoms with Crippen molar-refractivity contribution in [1.29, 1.82) is 0 Å². The van der Waals surface area contributed by atoms with Gasteiger partial charge in [-0.15, -0.1) is 0 Å². The molecule has 2 amide bonds. The van der Waals surface area contributed by atoms with Gasteiger partial charge in [-0.25, -0.2) is 0 Å². The molecular weight excluding hydrogens is 288 g/mol. The molecule has 0 unspecified atom stereocenters. The van der Waals surface area contributed by atoms with E-state index in [1.165, 1.54) is 0 Å². The van der Waals surface area contributed by atoms with E-state index in [9.17, 15) is 14.4 Å². The first-order chi connectivity index (χ1) is 9.37. The van der Waals surface area contributed by atoms with E-state index in [2.05, 4.69) is 17.9 Å². The van der Waals surface area contributed by atoms with Crippen LogP contribution in [0.3, 0.4) is 0 Å². The molecular formula is C10H20N4O5S. The third kappa shape index (κ3) is 6.19. The van der Waals surface area contributed by atoms with Gasteiger partial charge in [0.25, 0.3) is 0 Å². The summed E-state index contributed by atoms with van der Waals surface area (Å²) in [4.78, 5) is 35.3. The Kier molecular flexibility index (Phi) is 8.88. The Hall–Kier alpha value is -1.36. The molecule has 0 aromatic rings. The SMILES string of the molecule is NCCN(CC(=O)O)C(=O)[C@H](CS)NC(=O)[C@@H](N)CO. The maximum Gasteiger partial charge on any atom is 0.323 e. The molecule has 0 heterocycles. The van der Waals surface area contributed by atoms with Crippen LogP contribution in [0.2, 0.25) is 0 Å². The average Bonchev–Trinajstić information content (AvgIpc) is 2.41. The standard InChI is InChI=1S/C10H20N4O5S/c11-1-2-14(3-8(16)17)10(19)7(5-20)13-9(18)6(12)4-15/h6-7,15,20H,1-5,11-12H2,(H,13,18)(H,16,17)/t6-,7-/m0/s1. The van der Waals surface area contributed by atoms with Crippen LogP contribution in [0.1, 0.15) is 0 Å². The maximum atomic E-state index is 12.1. The monoisotopic (exact) mass is 308 g/mol. The largest absolute Gasteiger partial charge is 0.480 e. The predicted octanol–water partition coefficient (Wildman–Crippen LogP) is -3.41. The number of nitrogens with two attached hydrogens (primary N) is 2. The van der Waals surface area contributed by atoms with Gasteiger partial charge in [0.15, 0.2) is 0 Å². The van der Waals surface area contributed by atoms with E-state index >= 15 is 0 Å². The van der Waals surface area contributed by atoms with Crippen LogP contribution in [-0.4, -0.2) is 77.0 Å². The quantitative estimate of drug-likeness (QED) is 0.242. The maximum absolute atomic E-state index is 12.1. The van der Waals surface area contributed by atoms with Gasteiger partial charge in [-0.3, -0.25) is 14.4 Å². The third-order valence-corrected chi connectivity index (χ3v) is 2.73. The number of aliphatic carboxylic acids is 1. The highest BCUT2D eigenvalue weighted by molar-refractivity contribution is 7.80. The fourth-order valence-corrected chi connectivity index (χ4v) is 1.60. The van der Waals surface area contributed by atoms with E-state index in [0.29, 0.717) is 0 Å². The van der Waals surface area contributed by atoms with Crippen molar-refractivity contribution in [2.45, 2.75) is 12.1 Å². The molecule has 20 heavy (non-hydrogen) atoms. The lowest BCUT2D eigenvalue weighted by Crippen LogP contribution is -2.55. The van der Waals surface area contributed by atoms with Crippen molar-refractivity contribution in [3.8, 4) is 0 Å². The van der Waals surface area contributed by atoms with Crippen LogP contribution in [0.15, 0.2) is 0 Å². The lowest BCUT2D eigenvalue weighted by atomic mass is 10.2. The molecule has 0 aromatic carbocycles. The van der Waals surface area contributed by atoms with Gasteiger partial charge in [0, 0.05) is 18.8 Å². The Morgan fingerprint density at radius 2 is 1.95 bits per heavy atom. The van der Waals surface area contributed by atoms with E-state index < -0.39 is 43.0 Å². The first-order valence-electron chi connectivity index (χ1n) is 5.85. The number of nitrogens with one attached hydrogen (secondary N) is 1. The zero-order valence-corrected chi connectivity index (χ0v) is 11.8. The number of hydrogen-bond acceptors (Lipinski definition) is 7. The van der Waals surface area contributed by atoms with Gasteiger partial charge in [-0.1, -0.05) is 0 Å². The molecule has 0 rings (SSSR count). The smallest absolute Gasteiger partial charge is 0.323 e. The van der Waals surface area contributed by atoms with Crippen LogP contribution >= 0.6 is 12.6 Å². The number of hydrogen-bond donors (Lipinski definition) is 6. The summed E-state index contributed by atoms with van der Waals surface area (Å²) >= 11 is 3.94. The van der Waals surface area contributed by atoms with Crippen LogP contribution in [0.5, 0.6) is 0 Å².